The lowest BCUT2D eigenvalue weighted by Gasteiger charge is -2.24. The molecule has 0 saturated carbocycles. The van der Waals surface area contributed by atoms with Crippen LogP contribution in [0.25, 0.3) is 0 Å². The van der Waals surface area contributed by atoms with E-state index < -0.39 is 48.4 Å². The maximum absolute atomic E-state index is 13.2. The highest BCUT2D eigenvalue weighted by Crippen LogP contribution is 2.08. The molecule has 0 aromatic heterocycles. The van der Waals surface area contributed by atoms with E-state index in [1.165, 1.54) is 0 Å². The zero-order chi connectivity index (χ0) is 26.3. The van der Waals surface area contributed by atoms with Crippen LogP contribution in [0.4, 0.5) is 0 Å². The fourth-order valence-electron chi connectivity index (χ4n) is 3.62. The Hall–Kier alpha value is -3.76. The van der Waals surface area contributed by atoms with Crippen molar-refractivity contribution in [2.75, 3.05) is 13.1 Å². The molecule has 3 amide bonds. The summed E-state index contributed by atoms with van der Waals surface area (Å²) >= 11 is 0. The molecule has 0 aliphatic rings. The monoisotopic (exact) mass is 497 g/mol. The molecule has 194 valence electrons. The number of carbonyl (C=O) groups excluding carboxylic acids is 3. The molecule has 2 aromatic carbocycles. The number of nitrogens with one attached hydrogen (secondary N) is 3. The van der Waals surface area contributed by atoms with Crippen LogP contribution in [0.2, 0.25) is 0 Å². The van der Waals surface area contributed by atoms with Crippen molar-refractivity contribution in [1.82, 2.24) is 16.0 Å². The van der Waals surface area contributed by atoms with E-state index in [2.05, 4.69) is 16.0 Å². The van der Waals surface area contributed by atoms with E-state index >= 15 is 0 Å². The number of benzene rings is 2. The van der Waals surface area contributed by atoms with E-state index in [0.717, 1.165) is 11.1 Å². The summed E-state index contributed by atoms with van der Waals surface area (Å²) in [5.74, 6) is -2.88. The summed E-state index contributed by atoms with van der Waals surface area (Å²) in [6.07, 6.45) is 1.99. The highest BCUT2D eigenvalue weighted by Gasteiger charge is 2.28. The largest absolute Gasteiger partial charge is 0.480 e. The van der Waals surface area contributed by atoms with Crippen molar-refractivity contribution in [2.45, 2.75) is 50.2 Å². The van der Waals surface area contributed by atoms with Gasteiger partial charge in [0, 0.05) is 6.42 Å². The van der Waals surface area contributed by atoms with E-state index in [9.17, 15) is 19.2 Å². The Morgan fingerprint density at radius 1 is 0.750 bits per heavy atom. The first kappa shape index (κ1) is 28.5. The van der Waals surface area contributed by atoms with E-state index in [-0.39, 0.29) is 6.42 Å². The second-order valence-corrected chi connectivity index (χ2v) is 8.50. The molecule has 10 nitrogen and oxygen atoms in total. The number of nitrogens with two attached hydrogens (primary N) is 2. The molecular formula is C26H35N5O5. The second-order valence-electron chi connectivity index (χ2n) is 8.50. The Morgan fingerprint density at radius 2 is 1.31 bits per heavy atom. The third-order valence-electron chi connectivity index (χ3n) is 5.54. The van der Waals surface area contributed by atoms with Crippen LogP contribution >= 0.6 is 0 Å². The maximum atomic E-state index is 13.2. The molecule has 0 aliphatic carbocycles. The van der Waals surface area contributed by atoms with Gasteiger partial charge in [0.25, 0.3) is 0 Å². The number of amides is 3. The quantitative estimate of drug-likeness (QED) is 0.189. The molecule has 0 aliphatic heterocycles. The first-order chi connectivity index (χ1) is 17.3. The third-order valence-corrected chi connectivity index (χ3v) is 5.54. The first-order valence-corrected chi connectivity index (χ1v) is 11.9. The minimum absolute atomic E-state index is 0.148. The molecular weight excluding hydrogens is 462 g/mol. The fraction of sp³-hybridized carbons (Fsp3) is 0.385. The van der Waals surface area contributed by atoms with Crippen molar-refractivity contribution >= 4 is 23.7 Å². The van der Waals surface area contributed by atoms with Gasteiger partial charge in [0.2, 0.25) is 17.7 Å². The average Bonchev–Trinajstić information content (AvgIpc) is 2.87. The Labute approximate surface area is 210 Å². The number of carbonyl (C=O) groups is 4. The van der Waals surface area contributed by atoms with Crippen molar-refractivity contribution in [3.05, 3.63) is 71.8 Å². The first-order valence-electron chi connectivity index (χ1n) is 11.9. The summed E-state index contributed by atoms with van der Waals surface area (Å²) in [4.78, 5) is 49.6. The molecule has 0 saturated heterocycles. The number of aliphatic carboxylic acids is 1. The van der Waals surface area contributed by atoms with Crippen LogP contribution < -0.4 is 27.4 Å². The van der Waals surface area contributed by atoms with Crippen LogP contribution in [-0.4, -0.2) is 60.0 Å². The summed E-state index contributed by atoms with van der Waals surface area (Å²) in [7, 11) is 0. The number of rotatable bonds is 15. The van der Waals surface area contributed by atoms with Crippen molar-refractivity contribution in [2.24, 2.45) is 11.5 Å². The average molecular weight is 498 g/mol. The topological polar surface area (TPSA) is 177 Å². The normalized spacial score (nSPS) is 13.2. The molecule has 0 radical (unpaired) electrons. The lowest BCUT2D eigenvalue weighted by Crippen LogP contribution is -2.56. The zero-order valence-corrected chi connectivity index (χ0v) is 20.2. The fourth-order valence-corrected chi connectivity index (χ4v) is 3.62. The van der Waals surface area contributed by atoms with Gasteiger partial charge >= 0.3 is 5.97 Å². The highest BCUT2D eigenvalue weighted by atomic mass is 16.4. The minimum Gasteiger partial charge on any atom is -0.480 e. The molecule has 2 rings (SSSR count). The summed E-state index contributed by atoms with van der Waals surface area (Å²) in [5.41, 5.74) is 13.3. The molecule has 0 heterocycles. The van der Waals surface area contributed by atoms with Gasteiger partial charge in [0.05, 0.1) is 6.04 Å². The maximum Gasteiger partial charge on any atom is 0.322 e. The smallest absolute Gasteiger partial charge is 0.322 e. The molecule has 0 bridgehead atoms. The second kappa shape index (κ2) is 15.3. The zero-order valence-electron chi connectivity index (χ0n) is 20.2. The Bertz CT molecular complexity index is 987. The summed E-state index contributed by atoms with van der Waals surface area (Å²) < 4.78 is 0. The minimum atomic E-state index is -1.20. The molecule has 3 unspecified atom stereocenters. The number of hydrogen-bond acceptors (Lipinski definition) is 6. The molecule has 0 spiro atoms. The van der Waals surface area contributed by atoms with Gasteiger partial charge in [-0.3, -0.25) is 19.2 Å². The van der Waals surface area contributed by atoms with Crippen molar-refractivity contribution in [1.29, 1.82) is 0 Å². The molecule has 36 heavy (non-hydrogen) atoms. The number of hydrogen-bond donors (Lipinski definition) is 6. The van der Waals surface area contributed by atoms with Gasteiger partial charge in [-0.2, -0.15) is 0 Å². The van der Waals surface area contributed by atoms with Gasteiger partial charge in [-0.15, -0.1) is 0 Å². The van der Waals surface area contributed by atoms with Crippen molar-refractivity contribution in [3.63, 3.8) is 0 Å². The number of unbranched alkanes of at least 4 members (excludes halogenated alkanes) is 1. The van der Waals surface area contributed by atoms with Crippen LogP contribution in [0.3, 0.4) is 0 Å². The van der Waals surface area contributed by atoms with Crippen molar-refractivity contribution in [3.8, 4) is 0 Å². The van der Waals surface area contributed by atoms with Gasteiger partial charge < -0.3 is 32.5 Å². The van der Waals surface area contributed by atoms with Crippen LogP contribution in [0.15, 0.2) is 60.7 Å². The number of carboxylic acid groups (broad SMARTS) is 1. The summed E-state index contributed by atoms with van der Waals surface area (Å²) in [6, 6.07) is 15.5. The Kier molecular flexibility index (Phi) is 12.1. The predicted octanol–water partition coefficient (Wildman–Crippen LogP) is 0.0985. The van der Waals surface area contributed by atoms with Gasteiger partial charge in [0.1, 0.15) is 18.6 Å². The molecule has 8 N–H and O–H groups in total. The van der Waals surface area contributed by atoms with E-state index in [1.54, 1.807) is 24.3 Å². The number of carboxylic acids is 1. The lowest BCUT2D eigenvalue weighted by atomic mass is 10.0. The van der Waals surface area contributed by atoms with Gasteiger partial charge in [0.15, 0.2) is 0 Å². The van der Waals surface area contributed by atoms with Gasteiger partial charge in [-0.1, -0.05) is 60.7 Å². The molecule has 3 atom stereocenters. The molecule has 2 aromatic rings. The molecule has 10 heteroatoms. The van der Waals surface area contributed by atoms with Gasteiger partial charge in [-0.25, -0.2) is 0 Å². The van der Waals surface area contributed by atoms with Crippen molar-refractivity contribution < 1.29 is 24.3 Å². The summed E-state index contributed by atoms with van der Waals surface area (Å²) in [6.45, 7) is -0.144. The van der Waals surface area contributed by atoms with Crippen LogP contribution in [-0.2, 0) is 32.0 Å². The summed E-state index contributed by atoms with van der Waals surface area (Å²) in [5, 5.41) is 16.6. The lowest BCUT2D eigenvalue weighted by molar-refractivity contribution is -0.138. The Balaban J connectivity index is 2.12. The van der Waals surface area contributed by atoms with E-state index in [0.29, 0.717) is 32.2 Å². The van der Waals surface area contributed by atoms with Crippen LogP contribution in [0, 0.1) is 0 Å². The SMILES string of the molecule is NCCCCC(NC(=O)C(N)Cc1ccccc1)C(=O)NC(Cc1ccccc1)C(=O)NCC(=O)O. The standard InChI is InChI=1S/C26H35N5O5/c27-14-8-7-13-21(30-24(34)20(28)15-18-9-3-1-4-10-18)26(36)31-22(25(35)29-17-23(32)33)16-19-11-5-2-6-12-19/h1-6,9-12,20-22H,7-8,13-17,27-28H2,(H,29,35)(H,30,34)(H,31,36)(H,32,33). The highest BCUT2D eigenvalue weighted by molar-refractivity contribution is 5.93. The third kappa shape index (κ3) is 10.2. The molecule has 0 fully saturated rings. The van der Waals surface area contributed by atoms with Crippen LogP contribution in [0.1, 0.15) is 30.4 Å². The van der Waals surface area contributed by atoms with E-state index in [1.807, 2.05) is 36.4 Å². The predicted molar refractivity (Wildman–Crippen MR) is 136 cm³/mol. The Morgan fingerprint density at radius 3 is 1.86 bits per heavy atom. The van der Waals surface area contributed by atoms with Crippen LogP contribution in [0.5, 0.6) is 0 Å². The van der Waals surface area contributed by atoms with Gasteiger partial charge in [-0.05, 0) is 43.4 Å². The van der Waals surface area contributed by atoms with E-state index in [4.69, 9.17) is 16.6 Å².